The van der Waals surface area contributed by atoms with Crippen molar-refractivity contribution in [2.45, 2.75) is 13.0 Å². The third-order valence-electron chi connectivity index (χ3n) is 2.83. The number of amides is 1. The first kappa shape index (κ1) is 11.9. The van der Waals surface area contributed by atoms with Gasteiger partial charge in [-0.05, 0) is 17.5 Å². The molecule has 1 fully saturated rings. The van der Waals surface area contributed by atoms with E-state index >= 15 is 0 Å². The van der Waals surface area contributed by atoms with Gasteiger partial charge in [0.2, 0.25) is 5.91 Å². The Morgan fingerprint density at radius 1 is 1.44 bits per heavy atom. The van der Waals surface area contributed by atoms with Crippen LogP contribution in [-0.2, 0) is 11.3 Å². The van der Waals surface area contributed by atoms with Gasteiger partial charge in [0, 0.05) is 29.9 Å². The van der Waals surface area contributed by atoms with E-state index in [1.807, 2.05) is 29.2 Å². The van der Waals surface area contributed by atoms with Gasteiger partial charge in [-0.2, -0.15) is 0 Å². The fourth-order valence-electron chi connectivity index (χ4n) is 1.94. The second kappa shape index (κ2) is 5.19. The van der Waals surface area contributed by atoms with Crippen LogP contribution in [0, 0.1) is 5.92 Å². The second-order valence-electron chi connectivity index (χ2n) is 4.09. The van der Waals surface area contributed by atoms with Gasteiger partial charge in [0.05, 0.1) is 0 Å². The largest absolute Gasteiger partial charge is 0.338 e. The molecule has 0 N–H and O–H groups in total. The van der Waals surface area contributed by atoms with E-state index in [4.69, 9.17) is 11.6 Å². The molecule has 0 aliphatic carbocycles. The summed E-state index contributed by atoms with van der Waals surface area (Å²) in [4.78, 5) is 13.6. The van der Waals surface area contributed by atoms with Crippen molar-refractivity contribution in [1.29, 1.82) is 0 Å². The highest BCUT2D eigenvalue weighted by molar-refractivity contribution is 9.10. The number of rotatable bonds is 3. The number of benzene rings is 1. The van der Waals surface area contributed by atoms with Crippen molar-refractivity contribution in [1.82, 2.24) is 4.90 Å². The quantitative estimate of drug-likeness (QED) is 0.786. The minimum atomic E-state index is 0.210. The molecule has 1 saturated heterocycles. The van der Waals surface area contributed by atoms with Gasteiger partial charge in [-0.1, -0.05) is 34.1 Å². The molecule has 1 unspecified atom stereocenters. The van der Waals surface area contributed by atoms with Crippen LogP contribution in [0.3, 0.4) is 0 Å². The zero-order valence-electron chi connectivity index (χ0n) is 8.83. The van der Waals surface area contributed by atoms with E-state index in [1.54, 1.807) is 0 Å². The maximum atomic E-state index is 11.7. The fraction of sp³-hybridized carbons (Fsp3) is 0.417. The summed E-state index contributed by atoms with van der Waals surface area (Å²) >= 11 is 9.28. The lowest BCUT2D eigenvalue weighted by atomic mass is 10.1. The number of halogens is 2. The number of carbonyl (C=O) groups is 1. The number of likely N-dealkylation sites (tertiary alicyclic amines) is 1. The number of carbonyl (C=O) groups excluding carboxylic acids is 1. The Labute approximate surface area is 109 Å². The molecule has 1 aromatic rings. The number of hydrogen-bond donors (Lipinski definition) is 0. The van der Waals surface area contributed by atoms with Gasteiger partial charge >= 0.3 is 0 Å². The van der Waals surface area contributed by atoms with Crippen LogP contribution in [0.25, 0.3) is 0 Å². The predicted molar refractivity (Wildman–Crippen MR) is 68.4 cm³/mol. The van der Waals surface area contributed by atoms with Crippen LogP contribution in [0.4, 0.5) is 0 Å². The van der Waals surface area contributed by atoms with Gasteiger partial charge in [-0.25, -0.2) is 0 Å². The molecule has 0 spiro atoms. The summed E-state index contributed by atoms with van der Waals surface area (Å²) in [5.41, 5.74) is 1.14. The normalized spacial score (nSPS) is 20.5. The topological polar surface area (TPSA) is 20.3 Å². The van der Waals surface area contributed by atoms with Crippen molar-refractivity contribution in [2.24, 2.45) is 5.92 Å². The summed E-state index contributed by atoms with van der Waals surface area (Å²) < 4.78 is 1.05. The molecule has 86 valence electrons. The van der Waals surface area contributed by atoms with Crippen molar-refractivity contribution in [3.8, 4) is 0 Å². The van der Waals surface area contributed by atoms with Crippen molar-refractivity contribution in [3.05, 3.63) is 34.3 Å². The van der Waals surface area contributed by atoms with E-state index in [9.17, 15) is 4.79 Å². The lowest BCUT2D eigenvalue weighted by Crippen LogP contribution is -2.24. The van der Waals surface area contributed by atoms with Gasteiger partial charge in [0.25, 0.3) is 0 Å². The van der Waals surface area contributed by atoms with E-state index in [2.05, 4.69) is 15.9 Å². The maximum Gasteiger partial charge on any atom is 0.223 e. The molecule has 0 bridgehead atoms. The standard InChI is InChI=1S/C12H13BrClNO/c13-11-4-2-1-3-10(11)8-15-7-9(6-14)5-12(15)16/h1-4,9H,5-8H2. The third kappa shape index (κ3) is 2.58. The second-order valence-corrected chi connectivity index (χ2v) is 5.25. The number of nitrogens with zero attached hydrogens (tertiary/aromatic N) is 1. The summed E-state index contributed by atoms with van der Waals surface area (Å²) in [5.74, 6) is 1.09. The van der Waals surface area contributed by atoms with Gasteiger partial charge in [0.15, 0.2) is 0 Å². The van der Waals surface area contributed by atoms with Crippen LogP contribution >= 0.6 is 27.5 Å². The van der Waals surface area contributed by atoms with Crippen molar-refractivity contribution < 1.29 is 4.79 Å². The first-order valence-electron chi connectivity index (χ1n) is 5.28. The van der Waals surface area contributed by atoms with Crippen LogP contribution in [0.2, 0.25) is 0 Å². The Hall–Kier alpha value is -0.540. The van der Waals surface area contributed by atoms with E-state index in [-0.39, 0.29) is 5.91 Å². The molecule has 0 saturated carbocycles. The molecule has 1 aromatic carbocycles. The molecule has 4 heteroatoms. The van der Waals surface area contributed by atoms with E-state index in [1.165, 1.54) is 0 Å². The molecule has 1 heterocycles. The zero-order chi connectivity index (χ0) is 11.5. The Balaban J connectivity index is 2.06. The van der Waals surface area contributed by atoms with E-state index in [0.717, 1.165) is 16.6 Å². The minimum Gasteiger partial charge on any atom is -0.338 e. The first-order chi connectivity index (χ1) is 7.70. The van der Waals surface area contributed by atoms with Crippen LogP contribution < -0.4 is 0 Å². The molecular weight excluding hydrogens is 289 g/mol. The Bertz CT molecular complexity index is 396. The minimum absolute atomic E-state index is 0.210. The molecule has 1 amide bonds. The summed E-state index contributed by atoms with van der Waals surface area (Å²) in [6.45, 7) is 1.46. The van der Waals surface area contributed by atoms with Crippen LogP contribution in [0.15, 0.2) is 28.7 Å². The molecule has 2 rings (SSSR count). The average Bonchev–Trinajstić information content (AvgIpc) is 2.63. The third-order valence-corrected chi connectivity index (χ3v) is 4.04. The Morgan fingerprint density at radius 3 is 2.81 bits per heavy atom. The number of alkyl halides is 1. The summed E-state index contributed by atoms with van der Waals surface area (Å²) in [5, 5.41) is 0. The Morgan fingerprint density at radius 2 is 2.19 bits per heavy atom. The zero-order valence-corrected chi connectivity index (χ0v) is 11.2. The monoisotopic (exact) mass is 301 g/mol. The highest BCUT2D eigenvalue weighted by Gasteiger charge is 2.28. The molecule has 16 heavy (non-hydrogen) atoms. The summed E-state index contributed by atoms with van der Waals surface area (Å²) in [6.07, 6.45) is 0.591. The first-order valence-corrected chi connectivity index (χ1v) is 6.60. The van der Waals surface area contributed by atoms with Gasteiger partial charge < -0.3 is 4.90 Å². The highest BCUT2D eigenvalue weighted by atomic mass is 79.9. The molecule has 2 nitrogen and oxygen atoms in total. The molecule has 0 aromatic heterocycles. The molecule has 1 aliphatic heterocycles. The smallest absolute Gasteiger partial charge is 0.223 e. The predicted octanol–water partition coefficient (Wildman–Crippen LogP) is 3.04. The lowest BCUT2D eigenvalue weighted by molar-refractivity contribution is -0.128. The van der Waals surface area contributed by atoms with Crippen LogP contribution in [0.1, 0.15) is 12.0 Å². The highest BCUT2D eigenvalue weighted by Crippen LogP contribution is 2.24. The van der Waals surface area contributed by atoms with Gasteiger partial charge in [-0.3, -0.25) is 4.79 Å². The number of hydrogen-bond acceptors (Lipinski definition) is 1. The van der Waals surface area contributed by atoms with Gasteiger partial charge in [0.1, 0.15) is 0 Å². The Kier molecular flexibility index (Phi) is 3.87. The molecule has 1 aliphatic rings. The molecule has 1 atom stereocenters. The van der Waals surface area contributed by atoms with E-state index in [0.29, 0.717) is 24.8 Å². The van der Waals surface area contributed by atoms with Crippen LogP contribution in [0.5, 0.6) is 0 Å². The molecule has 0 radical (unpaired) electrons. The van der Waals surface area contributed by atoms with Crippen molar-refractivity contribution >= 4 is 33.4 Å². The van der Waals surface area contributed by atoms with E-state index < -0.39 is 0 Å². The lowest BCUT2D eigenvalue weighted by Gasteiger charge is -2.17. The maximum absolute atomic E-state index is 11.7. The SMILES string of the molecule is O=C1CC(CCl)CN1Cc1ccccc1Br. The average molecular weight is 303 g/mol. The fourth-order valence-corrected chi connectivity index (χ4v) is 2.56. The molecular formula is C12H13BrClNO. The van der Waals surface area contributed by atoms with Crippen molar-refractivity contribution in [2.75, 3.05) is 12.4 Å². The van der Waals surface area contributed by atoms with Crippen molar-refractivity contribution in [3.63, 3.8) is 0 Å². The van der Waals surface area contributed by atoms with Gasteiger partial charge in [-0.15, -0.1) is 11.6 Å². The summed E-state index contributed by atoms with van der Waals surface area (Å²) in [7, 11) is 0. The summed E-state index contributed by atoms with van der Waals surface area (Å²) in [6, 6.07) is 7.99. The van der Waals surface area contributed by atoms with Crippen LogP contribution in [-0.4, -0.2) is 23.2 Å².